The summed E-state index contributed by atoms with van der Waals surface area (Å²) in [6, 6.07) is 2.19. The molecule has 2 aromatic heterocycles. The molecule has 0 saturated carbocycles. The fraction of sp³-hybridized carbons (Fsp3) is 0.500. The van der Waals surface area contributed by atoms with Crippen molar-refractivity contribution in [1.29, 1.82) is 0 Å². The monoisotopic (exact) mass is 314 g/mol. The second-order valence-electron chi connectivity index (χ2n) is 5.79. The number of rotatable bonds is 4. The Hall–Kier alpha value is -2.44. The highest BCUT2D eigenvalue weighted by molar-refractivity contribution is 5.35. The summed E-state index contributed by atoms with van der Waals surface area (Å²) < 4.78 is 5.17. The Bertz CT molecular complexity index is 639. The van der Waals surface area contributed by atoms with Gasteiger partial charge in [0.15, 0.2) is 0 Å². The summed E-state index contributed by atoms with van der Waals surface area (Å²) in [5.74, 6) is 2.12. The number of hydrogen-bond donors (Lipinski definition) is 0. The van der Waals surface area contributed by atoms with E-state index in [1.54, 1.807) is 19.4 Å². The Morgan fingerprint density at radius 2 is 1.87 bits per heavy atom. The first-order chi connectivity index (χ1) is 11.2. The van der Waals surface area contributed by atoms with E-state index in [2.05, 4.69) is 36.8 Å². The average Bonchev–Trinajstić information content (AvgIpc) is 2.62. The van der Waals surface area contributed by atoms with Gasteiger partial charge in [0.1, 0.15) is 0 Å². The summed E-state index contributed by atoms with van der Waals surface area (Å²) in [6.45, 7) is 3.82. The number of anilines is 2. The van der Waals surface area contributed by atoms with Gasteiger partial charge in [-0.3, -0.25) is 0 Å². The number of nitrogens with zero attached hydrogens (tertiary/aromatic N) is 6. The lowest BCUT2D eigenvalue weighted by molar-refractivity contribution is 0.395. The predicted molar refractivity (Wildman–Crippen MR) is 89.0 cm³/mol. The zero-order chi connectivity index (χ0) is 16.2. The van der Waals surface area contributed by atoms with Gasteiger partial charge in [0.2, 0.25) is 17.8 Å². The second kappa shape index (κ2) is 6.76. The number of piperidine rings is 1. The molecule has 0 aliphatic carbocycles. The summed E-state index contributed by atoms with van der Waals surface area (Å²) in [7, 11) is 3.68. The molecule has 0 N–H and O–H groups in total. The van der Waals surface area contributed by atoms with Crippen molar-refractivity contribution in [2.24, 2.45) is 0 Å². The minimum absolute atomic E-state index is 0.430. The van der Waals surface area contributed by atoms with Crippen molar-refractivity contribution in [2.75, 3.05) is 37.0 Å². The van der Waals surface area contributed by atoms with Gasteiger partial charge in [0.25, 0.3) is 0 Å². The SMILES string of the molecule is COc1ccnc(N2CCC(N(C)c3ncc(C)cn3)CC2)n1. The van der Waals surface area contributed by atoms with Crippen molar-refractivity contribution < 1.29 is 4.74 Å². The highest BCUT2D eigenvalue weighted by atomic mass is 16.5. The van der Waals surface area contributed by atoms with Gasteiger partial charge in [-0.05, 0) is 25.3 Å². The van der Waals surface area contributed by atoms with Crippen LogP contribution < -0.4 is 14.5 Å². The molecular formula is C16H22N6O. The Morgan fingerprint density at radius 3 is 2.52 bits per heavy atom. The van der Waals surface area contributed by atoms with E-state index in [-0.39, 0.29) is 0 Å². The lowest BCUT2D eigenvalue weighted by atomic mass is 10.0. The van der Waals surface area contributed by atoms with E-state index in [4.69, 9.17) is 4.74 Å². The molecular weight excluding hydrogens is 292 g/mol. The number of aromatic nitrogens is 4. The van der Waals surface area contributed by atoms with E-state index < -0.39 is 0 Å². The normalized spacial score (nSPS) is 15.5. The van der Waals surface area contributed by atoms with E-state index in [9.17, 15) is 0 Å². The minimum atomic E-state index is 0.430. The molecule has 3 rings (SSSR count). The van der Waals surface area contributed by atoms with Crippen LogP contribution in [0.25, 0.3) is 0 Å². The standard InChI is InChI=1S/C16H22N6O/c1-12-10-18-15(19-11-12)21(2)13-5-8-22(9-6-13)16-17-7-4-14(20-16)23-3/h4,7,10-11,13H,5-6,8-9H2,1-3H3. The van der Waals surface area contributed by atoms with Crippen molar-refractivity contribution in [2.45, 2.75) is 25.8 Å². The molecule has 1 aliphatic rings. The molecule has 1 aliphatic heterocycles. The van der Waals surface area contributed by atoms with Crippen LogP contribution in [0.3, 0.4) is 0 Å². The van der Waals surface area contributed by atoms with E-state index >= 15 is 0 Å². The maximum Gasteiger partial charge on any atom is 0.228 e. The van der Waals surface area contributed by atoms with Gasteiger partial charge in [-0.25, -0.2) is 15.0 Å². The summed E-state index contributed by atoms with van der Waals surface area (Å²) in [4.78, 5) is 21.9. The van der Waals surface area contributed by atoms with E-state index in [1.807, 2.05) is 19.3 Å². The lowest BCUT2D eigenvalue weighted by Crippen LogP contribution is -2.44. The molecule has 7 heteroatoms. The zero-order valence-electron chi connectivity index (χ0n) is 13.8. The molecule has 122 valence electrons. The molecule has 2 aromatic rings. The van der Waals surface area contributed by atoms with Crippen molar-refractivity contribution in [3.8, 4) is 5.88 Å². The van der Waals surface area contributed by atoms with E-state index in [0.29, 0.717) is 11.9 Å². The van der Waals surface area contributed by atoms with Crippen LogP contribution in [0.4, 0.5) is 11.9 Å². The molecule has 0 atom stereocenters. The van der Waals surface area contributed by atoms with Gasteiger partial charge in [-0.1, -0.05) is 0 Å². The number of ether oxygens (including phenoxy) is 1. The van der Waals surface area contributed by atoms with Crippen LogP contribution in [0.1, 0.15) is 18.4 Å². The van der Waals surface area contributed by atoms with Crippen LogP contribution in [0.5, 0.6) is 5.88 Å². The molecule has 0 bridgehead atoms. The quantitative estimate of drug-likeness (QED) is 0.850. The Balaban J connectivity index is 1.62. The van der Waals surface area contributed by atoms with Crippen LogP contribution >= 0.6 is 0 Å². The van der Waals surface area contributed by atoms with Crippen LogP contribution in [-0.2, 0) is 0 Å². The summed E-state index contributed by atoms with van der Waals surface area (Å²) in [5, 5.41) is 0. The highest BCUT2D eigenvalue weighted by Crippen LogP contribution is 2.22. The smallest absolute Gasteiger partial charge is 0.228 e. The highest BCUT2D eigenvalue weighted by Gasteiger charge is 2.25. The Kier molecular flexibility index (Phi) is 4.55. The zero-order valence-corrected chi connectivity index (χ0v) is 13.8. The molecule has 7 nitrogen and oxygen atoms in total. The fourth-order valence-corrected chi connectivity index (χ4v) is 2.78. The van der Waals surface area contributed by atoms with Crippen LogP contribution in [0, 0.1) is 6.92 Å². The molecule has 1 saturated heterocycles. The van der Waals surface area contributed by atoms with Crippen molar-refractivity contribution >= 4 is 11.9 Å². The van der Waals surface area contributed by atoms with Gasteiger partial charge in [-0.2, -0.15) is 4.98 Å². The third kappa shape index (κ3) is 3.49. The average molecular weight is 314 g/mol. The third-order valence-electron chi connectivity index (χ3n) is 4.20. The Labute approximate surface area is 136 Å². The maximum atomic E-state index is 5.17. The molecule has 0 unspecified atom stereocenters. The summed E-state index contributed by atoms with van der Waals surface area (Å²) in [5.41, 5.74) is 1.08. The van der Waals surface area contributed by atoms with Gasteiger partial charge in [0.05, 0.1) is 7.11 Å². The molecule has 1 fully saturated rings. The van der Waals surface area contributed by atoms with Gasteiger partial charge in [0, 0.05) is 50.8 Å². The number of methoxy groups -OCH3 is 1. The first-order valence-electron chi connectivity index (χ1n) is 7.81. The second-order valence-corrected chi connectivity index (χ2v) is 5.79. The maximum absolute atomic E-state index is 5.17. The van der Waals surface area contributed by atoms with Crippen molar-refractivity contribution in [3.05, 3.63) is 30.2 Å². The first kappa shape index (κ1) is 15.5. The first-order valence-corrected chi connectivity index (χ1v) is 7.81. The van der Waals surface area contributed by atoms with Crippen LogP contribution in [0.15, 0.2) is 24.7 Å². The molecule has 0 radical (unpaired) electrons. The lowest BCUT2D eigenvalue weighted by Gasteiger charge is -2.36. The van der Waals surface area contributed by atoms with Crippen LogP contribution in [-0.4, -0.2) is 53.2 Å². The molecule has 0 aromatic carbocycles. The molecule has 0 spiro atoms. The van der Waals surface area contributed by atoms with Crippen molar-refractivity contribution in [1.82, 2.24) is 19.9 Å². The molecule has 23 heavy (non-hydrogen) atoms. The molecule has 3 heterocycles. The summed E-state index contributed by atoms with van der Waals surface area (Å²) >= 11 is 0. The van der Waals surface area contributed by atoms with Gasteiger partial charge >= 0.3 is 0 Å². The Morgan fingerprint density at radius 1 is 1.17 bits per heavy atom. The predicted octanol–water partition coefficient (Wildman–Crippen LogP) is 1.69. The van der Waals surface area contributed by atoms with E-state index in [1.165, 1.54) is 0 Å². The van der Waals surface area contributed by atoms with E-state index in [0.717, 1.165) is 43.4 Å². The number of hydrogen-bond acceptors (Lipinski definition) is 7. The van der Waals surface area contributed by atoms with Crippen molar-refractivity contribution in [3.63, 3.8) is 0 Å². The molecule has 0 amide bonds. The number of aryl methyl sites for hydroxylation is 1. The van der Waals surface area contributed by atoms with Gasteiger partial charge in [-0.15, -0.1) is 0 Å². The fourth-order valence-electron chi connectivity index (χ4n) is 2.78. The minimum Gasteiger partial charge on any atom is -0.481 e. The topological polar surface area (TPSA) is 67.3 Å². The third-order valence-corrected chi connectivity index (χ3v) is 4.20. The van der Waals surface area contributed by atoms with Gasteiger partial charge < -0.3 is 14.5 Å². The summed E-state index contributed by atoms with van der Waals surface area (Å²) in [6.07, 6.45) is 7.50. The largest absolute Gasteiger partial charge is 0.481 e. The van der Waals surface area contributed by atoms with Crippen LogP contribution in [0.2, 0.25) is 0 Å².